The van der Waals surface area contributed by atoms with Crippen LogP contribution in [0.5, 0.6) is 0 Å². The first-order valence-electron chi connectivity index (χ1n) is 4.98. The van der Waals surface area contributed by atoms with Crippen molar-refractivity contribution in [2.75, 3.05) is 26.0 Å². The van der Waals surface area contributed by atoms with E-state index in [1.54, 1.807) is 7.05 Å². The van der Waals surface area contributed by atoms with Gasteiger partial charge in [-0.05, 0) is 4.99 Å². The number of hydrogen-bond acceptors (Lipinski definition) is 3. The van der Waals surface area contributed by atoms with Crippen molar-refractivity contribution >= 4 is 54.4 Å². The average Bonchev–Trinajstić information content (AvgIpc) is 2.62. The van der Waals surface area contributed by atoms with Crippen LogP contribution in [0.25, 0.3) is 0 Å². The van der Waals surface area contributed by atoms with Gasteiger partial charge in [-0.15, -0.1) is 0 Å². The number of halogens is 2. The number of likely N-dealkylation sites (N-methyl/N-ethyl adjacent to an activating group) is 2. The molecule has 8 heteroatoms. The van der Waals surface area contributed by atoms with Gasteiger partial charge in [0, 0.05) is 19.4 Å². The van der Waals surface area contributed by atoms with E-state index in [1.165, 1.54) is 11.9 Å². The van der Waals surface area contributed by atoms with E-state index in [0.29, 0.717) is 17.1 Å². The Labute approximate surface area is 115 Å². The lowest BCUT2D eigenvalue weighted by Crippen LogP contribution is -2.61. The van der Waals surface area contributed by atoms with Crippen molar-refractivity contribution in [2.45, 2.75) is 6.04 Å². The molecule has 0 aromatic rings. The monoisotopic (exact) mass is 365 g/mol. The number of imide groups is 1. The first kappa shape index (κ1) is 12.7. The molecule has 2 aliphatic rings. The molecule has 2 rings (SSSR count). The molecule has 2 heterocycles. The lowest BCUT2D eigenvalue weighted by Gasteiger charge is -2.30. The molecule has 0 radical (unpaired) electrons. The lowest BCUT2D eigenvalue weighted by atomic mass is 10.1. The maximum absolute atomic E-state index is 12.1. The molecule has 1 fully saturated rings. The maximum atomic E-state index is 12.1. The molecule has 0 aromatic heterocycles. The second-order valence-corrected chi connectivity index (χ2v) is 5.27. The highest BCUT2D eigenvalue weighted by atomic mass is 79.9. The molecule has 92 valence electrons. The molecule has 3 amide bonds. The van der Waals surface area contributed by atoms with Crippen molar-refractivity contribution in [1.29, 1.82) is 0 Å². The van der Waals surface area contributed by atoms with Crippen molar-refractivity contribution < 1.29 is 14.2 Å². The number of fused-ring (bicyclic) bond motifs is 1. The van der Waals surface area contributed by atoms with Gasteiger partial charge < -0.3 is 0 Å². The van der Waals surface area contributed by atoms with Gasteiger partial charge >= 0.3 is 10.8 Å². The standard InChI is InChI=1S/C9H11Br2N4O2/c1-13-6-5(7(16)14(2)9(13)17)15(4-3-10)8(11)12-6/h5H,3-4H2,1-2H3/q+1. The molecule has 0 aromatic carbocycles. The van der Waals surface area contributed by atoms with Gasteiger partial charge in [0.2, 0.25) is 0 Å². The van der Waals surface area contributed by atoms with E-state index in [4.69, 9.17) is 0 Å². The summed E-state index contributed by atoms with van der Waals surface area (Å²) in [6.45, 7) is 0.639. The number of aliphatic imine (C=N–C) groups is 1. The van der Waals surface area contributed by atoms with Crippen molar-refractivity contribution in [1.82, 2.24) is 9.80 Å². The van der Waals surface area contributed by atoms with E-state index in [2.05, 4.69) is 36.9 Å². The molecule has 0 bridgehead atoms. The number of alkyl halides is 1. The van der Waals surface area contributed by atoms with Crippen LogP contribution in [-0.2, 0) is 4.79 Å². The molecule has 17 heavy (non-hydrogen) atoms. The highest BCUT2D eigenvalue weighted by Gasteiger charge is 2.52. The predicted octanol–water partition coefficient (Wildman–Crippen LogP) is 0.449. The zero-order chi connectivity index (χ0) is 12.7. The van der Waals surface area contributed by atoms with Crippen LogP contribution in [0.3, 0.4) is 0 Å². The Morgan fingerprint density at radius 3 is 2.59 bits per heavy atom. The molecule has 0 aliphatic carbocycles. The molecular formula is C9H11Br2N4O2+. The molecule has 1 atom stereocenters. The molecular weight excluding hydrogens is 356 g/mol. The molecule has 1 saturated heterocycles. The topological polar surface area (TPSA) is 56.0 Å². The van der Waals surface area contributed by atoms with E-state index in [9.17, 15) is 9.59 Å². The van der Waals surface area contributed by atoms with Crippen LogP contribution in [-0.4, -0.2) is 68.9 Å². The number of hydrogen-bond donors (Lipinski definition) is 0. The van der Waals surface area contributed by atoms with E-state index in [-0.39, 0.29) is 11.9 Å². The van der Waals surface area contributed by atoms with Crippen LogP contribution in [0.2, 0.25) is 0 Å². The van der Waals surface area contributed by atoms with Gasteiger partial charge in [-0.1, -0.05) is 15.9 Å². The van der Waals surface area contributed by atoms with Crippen LogP contribution in [0.1, 0.15) is 0 Å². The molecule has 1 unspecified atom stereocenters. The van der Waals surface area contributed by atoms with Gasteiger partial charge in [0.15, 0.2) is 0 Å². The van der Waals surface area contributed by atoms with Crippen LogP contribution in [0.15, 0.2) is 4.99 Å². The summed E-state index contributed by atoms with van der Waals surface area (Å²) >= 11 is 6.65. The number of carbonyl (C=O) groups excluding carboxylic acids is 2. The Kier molecular flexibility index (Phi) is 3.35. The maximum Gasteiger partial charge on any atom is 0.364 e. The minimum Gasteiger partial charge on any atom is -0.269 e. The van der Waals surface area contributed by atoms with Crippen molar-refractivity contribution in [2.24, 2.45) is 4.99 Å². The van der Waals surface area contributed by atoms with Gasteiger partial charge in [0.1, 0.15) is 0 Å². The fraction of sp³-hybridized carbons (Fsp3) is 0.556. The Bertz CT molecular complexity index is 460. The smallest absolute Gasteiger partial charge is 0.269 e. The Hall–Kier alpha value is -0.760. The summed E-state index contributed by atoms with van der Waals surface area (Å²) in [6.07, 6.45) is 0. The minimum absolute atomic E-state index is 0.248. The second-order valence-electron chi connectivity index (χ2n) is 3.76. The minimum atomic E-state index is -0.505. The van der Waals surface area contributed by atoms with Crippen LogP contribution < -0.4 is 0 Å². The fourth-order valence-corrected chi connectivity index (χ4v) is 2.83. The Morgan fingerprint density at radius 1 is 1.35 bits per heavy atom. The van der Waals surface area contributed by atoms with Crippen molar-refractivity contribution in [3.05, 3.63) is 0 Å². The number of urea groups is 1. The van der Waals surface area contributed by atoms with E-state index >= 15 is 0 Å². The molecule has 0 saturated carbocycles. The first-order valence-corrected chi connectivity index (χ1v) is 6.89. The summed E-state index contributed by atoms with van der Waals surface area (Å²) in [6, 6.07) is -0.861. The largest absolute Gasteiger partial charge is 0.364 e. The highest BCUT2D eigenvalue weighted by molar-refractivity contribution is 9.18. The quantitative estimate of drug-likeness (QED) is 0.405. The third-order valence-electron chi connectivity index (χ3n) is 2.81. The van der Waals surface area contributed by atoms with E-state index in [1.807, 2.05) is 4.58 Å². The molecule has 0 N–H and O–H groups in total. The average molecular weight is 367 g/mol. The lowest BCUT2D eigenvalue weighted by molar-refractivity contribution is -0.527. The summed E-state index contributed by atoms with van der Waals surface area (Å²) in [5.41, 5.74) is 0. The van der Waals surface area contributed by atoms with Crippen LogP contribution in [0, 0.1) is 0 Å². The molecule has 2 aliphatic heterocycles. The normalized spacial score (nSPS) is 24.5. The van der Waals surface area contributed by atoms with Crippen molar-refractivity contribution in [3.63, 3.8) is 0 Å². The highest BCUT2D eigenvalue weighted by Crippen LogP contribution is 2.20. The number of carbonyl (C=O) groups is 2. The fourth-order valence-electron chi connectivity index (χ4n) is 1.88. The Balaban J connectivity index is 2.42. The third kappa shape index (κ3) is 1.83. The van der Waals surface area contributed by atoms with E-state index in [0.717, 1.165) is 10.2 Å². The second kappa shape index (κ2) is 4.49. The van der Waals surface area contributed by atoms with Gasteiger partial charge in [-0.25, -0.2) is 9.37 Å². The molecule has 6 nitrogen and oxygen atoms in total. The van der Waals surface area contributed by atoms with Crippen LogP contribution >= 0.6 is 31.9 Å². The summed E-state index contributed by atoms with van der Waals surface area (Å²) in [5, 5.41) is 0.718. The summed E-state index contributed by atoms with van der Waals surface area (Å²) in [5.74, 6) is 0.230. The Morgan fingerprint density at radius 2 is 2.00 bits per heavy atom. The summed E-state index contributed by atoms with van der Waals surface area (Å²) in [4.78, 5) is 30.6. The number of amides is 3. The van der Waals surface area contributed by atoms with Crippen LogP contribution in [0.4, 0.5) is 4.79 Å². The van der Waals surface area contributed by atoms with Crippen molar-refractivity contribution in [3.8, 4) is 0 Å². The zero-order valence-corrected chi connectivity index (χ0v) is 12.5. The predicted molar refractivity (Wildman–Crippen MR) is 70.0 cm³/mol. The van der Waals surface area contributed by atoms with Gasteiger partial charge in [0.05, 0.1) is 22.5 Å². The summed E-state index contributed by atoms with van der Waals surface area (Å²) in [7, 11) is 3.10. The third-order valence-corrected chi connectivity index (χ3v) is 3.79. The summed E-state index contributed by atoms with van der Waals surface area (Å²) < 4.78 is 2.41. The number of rotatable bonds is 2. The van der Waals surface area contributed by atoms with Gasteiger partial charge in [-0.3, -0.25) is 14.6 Å². The van der Waals surface area contributed by atoms with Gasteiger partial charge in [0.25, 0.3) is 17.8 Å². The van der Waals surface area contributed by atoms with E-state index < -0.39 is 6.04 Å². The number of amidine groups is 2. The number of nitrogens with zero attached hydrogens (tertiary/aromatic N) is 4. The van der Waals surface area contributed by atoms with Gasteiger partial charge in [-0.2, -0.15) is 0 Å². The molecule has 0 spiro atoms. The zero-order valence-electron chi connectivity index (χ0n) is 9.35. The SMILES string of the molecule is CN1C(=O)C2C(=NC(Br)=[N+]2CCBr)N(C)C1=O. The first-order chi connectivity index (χ1) is 7.99.